The van der Waals surface area contributed by atoms with E-state index in [0.29, 0.717) is 30.0 Å². The number of hydrogen-bond donors (Lipinski definition) is 1. The van der Waals surface area contributed by atoms with Crippen molar-refractivity contribution in [1.82, 2.24) is 14.5 Å². The number of carbonyl (C=O) groups is 1. The standard InChI is InChI=1S/C20H18F3N3O5S/c1-30-16-10-13(4-5-14(16)12-26-9-3-8-24-26)19(27)25-32(28,29)18-7-6-15(20(21,22)23)11-17(18)31-2/h3-11H,12H2,1-2H3,(H,25,27). The number of methoxy groups -OCH3 is 2. The lowest BCUT2D eigenvalue weighted by Gasteiger charge is -2.14. The predicted molar refractivity (Wildman–Crippen MR) is 107 cm³/mol. The number of sulfonamides is 1. The van der Waals surface area contributed by atoms with Gasteiger partial charge in [0.15, 0.2) is 0 Å². The number of alkyl halides is 3. The molecule has 0 aliphatic rings. The molecule has 0 unspecified atom stereocenters. The molecule has 8 nitrogen and oxygen atoms in total. The summed E-state index contributed by atoms with van der Waals surface area (Å²) >= 11 is 0. The minimum absolute atomic E-state index is 0.0273. The van der Waals surface area contributed by atoms with Crippen LogP contribution in [-0.2, 0) is 22.7 Å². The maximum atomic E-state index is 12.9. The first-order chi connectivity index (χ1) is 15.0. The van der Waals surface area contributed by atoms with Crippen molar-refractivity contribution >= 4 is 15.9 Å². The van der Waals surface area contributed by atoms with Gasteiger partial charge in [0.1, 0.15) is 16.4 Å². The van der Waals surface area contributed by atoms with Crippen LogP contribution in [0.3, 0.4) is 0 Å². The van der Waals surface area contributed by atoms with Crippen LogP contribution >= 0.6 is 0 Å². The van der Waals surface area contributed by atoms with Gasteiger partial charge in [0.2, 0.25) is 0 Å². The van der Waals surface area contributed by atoms with Crippen LogP contribution in [0.1, 0.15) is 21.5 Å². The third-order valence-corrected chi connectivity index (χ3v) is 5.82. The van der Waals surface area contributed by atoms with Gasteiger partial charge in [-0.15, -0.1) is 0 Å². The molecule has 0 atom stereocenters. The van der Waals surface area contributed by atoms with Crippen LogP contribution in [0.5, 0.6) is 11.5 Å². The first-order valence-corrected chi connectivity index (χ1v) is 10.5. The van der Waals surface area contributed by atoms with Gasteiger partial charge in [0.05, 0.1) is 26.3 Å². The number of rotatable bonds is 7. The summed E-state index contributed by atoms with van der Waals surface area (Å²) in [6.45, 7) is 0.360. The Morgan fingerprint density at radius 3 is 2.41 bits per heavy atom. The van der Waals surface area contributed by atoms with Crippen molar-refractivity contribution in [2.75, 3.05) is 14.2 Å². The molecule has 32 heavy (non-hydrogen) atoms. The zero-order valence-corrected chi connectivity index (χ0v) is 17.7. The number of hydrogen-bond acceptors (Lipinski definition) is 6. The second kappa shape index (κ2) is 8.91. The molecule has 170 valence electrons. The first kappa shape index (κ1) is 23.1. The highest BCUT2D eigenvalue weighted by Gasteiger charge is 2.33. The molecular weight excluding hydrogens is 451 g/mol. The lowest BCUT2D eigenvalue weighted by molar-refractivity contribution is -0.137. The molecule has 0 bridgehead atoms. The van der Waals surface area contributed by atoms with Crippen molar-refractivity contribution in [3.63, 3.8) is 0 Å². The highest BCUT2D eigenvalue weighted by Crippen LogP contribution is 2.34. The Labute approximate surface area is 181 Å². The highest BCUT2D eigenvalue weighted by atomic mass is 32.2. The Balaban J connectivity index is 1.86. The number of amides is 1. The fourth-order valence-electron chi connectivity index (χ4n) is 2.89. The van der Waals surface area contributed by atoms with E-state index in [1.54, 1.807) is 29.2 Å². The van der Waals surface area contributed by atoms with Crippen LogP contribution in [0.2, 0.25) is 0 Å². The van der Waals surface area contributed by atoms with E-state index >= 15 is 0 Å². The smallest absolute Gasteiger partial charge is 0.416 e. The Morgan fingerprint density at radius 1 is 1.09 bits per heavy atom. The summed E-state index contributed by atoms with van der Waals surface area (Å²) in [5.41, 5.74) is -0.419. The molecule has 3 aromatic rings. The topological polar surface area (TPSA) is 99.5 Å². The van der Waals surface area contributed by atoms with Gasteiger partial charge in [-0.3, -0.25) is 9.48 Å². The molecule has 1 N–H and O–H groups in total. The molecule has 1 aromatic heterocycles. The van der Waals surface area contributed by atoms with E-state index in [2.05, 4.69) is 5.10 Å². The maximum Gasteiger partial charge on any atom is 0.416 e. The summed E-state index contributed by atoms with van der Waals surface area (Å²) < 4.78 is 77.5. The number of benzene rings is 2. The lowest BCUT2D eigenvalue weighted by atomic mass is 10.1. The van der Waals surface area contributed by atoms with Crippen molar-refractivity contribution in [2.45, 2.75) is 17.6 Å². The highest BCUT2D eigenvalue weighted by molar-refractivity contribution is 7.90. The lowest BCUT2D eigenvalue weighted by Crippen LogP contribution is -2.31. The summed E-state index contributed by atoms with van der Waals surface area (Å²) in [5, 5.41) is 4.08. The molecular formula is C20H18F3N3O5S. The van der Waals surface area contributed by atoms with E-state index in [-0.39, 0.29) is 5.56 Å². The molecule has 1 amide bonds. The van der Waals surface area contributed by atoms with Crippen LogP contribution < -0.4 is 14.2 Å². The third kappa shape index (κ3) is 5.02. The van der Waals surface area contributed by atoms with E-state index < -0.39 is 38.3 Å². The summed E-state index contributed by atoms with van der Waals surface area (Å²) in [4.78, 5) is 12.0. The fraction of sp³-hybridized carbons (Fsp3) is 0.200. The summed E-state index contributed by atoms with van der Waals surface area (Å²) in [6.07, 6.45) is -1.34. The van der Waals surface area contributed by atoms with E-state index in [9.17, 15) is 26.4 Å². The number of carbonyl (C=O) groups excluding carboxylic acids is 1. The zero-order valence-electron chi connectivity index (χ0n) is 16.9. The fourth-order valence-corrected chi connectivity index (χ4v) is 4.01. The Hall–Kier alpha value is -3.54. The van der Waals surface area contributed by atoms with Crippen molar-refractivity contribution in [3.8, 4) is 11.5 Å². The van der Waals surface area contributed by atoms with E-state index in [1.807, 2.05) is 4.72 Å². The average Bonchev–Trinajstić information content (AvgIpc) is 3.25. The first-order valence-electron chi connectivity index (χ1n) is 9.02. The number of nitrogens with zero attached hydrogens (tertiary/aromatic N) is 2. The van der Waals surface area contributed by atoms with Crippen LogP contribution in [0.25, 0.3) is 0 Å². The summed E-state index contributed by atoms with van der Waals surface area (Å²) in [6, 6.07) is 7.95. The molecule has 2 aromatic carbocycles. The molecule has 0 aliphatic carbocycles. The van der Waals surface area contributed by atoms with Gasteiger partial charge >= 0.3 is 6.18 Å². The molecule has 0 radical (unpaired) electrons. The third-order valence-electron chi connectivity index (χ3n) is 4.45. The number of aromatic nitrogens is 2. The van der Waals surface area contributed by atoms with E-state index in [0.717, 1.165) is 13.2 Å². The average molecular weight is 469 g/mol. The maximum absolute atomic E-state index is 12.9. The molecule has 0 spiro atoms. The second-order valence-electron chi connectivity index (χ2n) is 6.53. The zero-order chi connectivity index (χ0) is 23.5. The largest absolute Gasteiger partial charge is 0.496 e. The van der Waals surface area contributed by atoms with Gasteiger partial charge in [0, 0.05) is 23.5 Å². The number of ether oxygens (including phenoxy) is 2. The molecule has 12 heteroatoms. The second-order valence-corrected chi connectivity index (χ2v) is 8.18. The van der Waals surface area contributed by atoms with Crippen molar-refractivity contribution < 1.29 is 35.9 Å². The number of nitrogens with one attached hydrogen (secondary N) is 1. The minimum Gasteiger partial charge on any atom is -0.496 e. The van der Waals surface area contributed by atoms with Crippen molar-refractivity contribution in [3.05, 3.63) is 71.5 Å². The molecule has 1 heterocycles. The van der Waals surface area contributed by atoms with Crippen LogP contribution in [0.15, 0.2) is 59.8 Å². The molecule has 0 aliphatic heterocycles. The van der Waals surface area contributed by atoms with Crippen molar-refractivity contribution in [1.29, 1.82) is 0 Å². The van der Waals surface area contributed by atoms with E-state index in [1.165, 1.54) is 19.2 Å². The van der Waals surface area contributed by atoms with Crippen LogP contribution in [-0.4, -0.2) is 38.3 Å². The summed E-state index contributed by atoms with van der Waals surface area (Å²) in [5.74, 6) is -1.21. The van der Waals surface area contributed by atoms with Crippen molar-refractivity contribution in [2.24, 2.45) is 0 Å². The SMILES string of the molecule is COc1cc(C(=O)NS(=O)(=O)c2ccc(C(F)(F)F)cc2OC)ccc1Cn1cccn1. The predicted octanol–water partition coefficient (Wildman–Crippen LogP) is 3.09. The van der Waals surface area contributed by atoms with Gasteiger partial charge in [-0.1, -0.05) is 6.07 Å². The van der Waals surface area contributed by atoms with Gasteiger partial charge in [-0.2, -0.15) is 18.3 Å². The van der Waals surface area contributed by atoms with Gasteiger partial charge in [-0.05, 0) is 36.4 Å². The molecule has 0 saturated carbocycles. The van der Waals surface area contributed by atoms with Gasteiger partial charge in [-0.25, -0.2) is 13.1 Å². The van der Waals surface area contributed by atoms with Crippen LogP contribution in [0, 0.1) is 0 Å². The molecule has 3 rings (SSSR count). The minimum atomic E-state index is -4.69. The van der Waals surface area contributed by atoms with E-state index in [4.69, 9.17) is 9.47 Å². The normalized spacial score (nSPS) is 11.8. The van der Waals surface area contributed by atoms with Crippen LogP contribution in [0.4, 0.5) is 13.2 Å². The molecule has 0 saturated heterocycles. The summed E-state index contributed by atoms with van der Waals surface area (Å²) in [7, 11) is -2.11. The quantitative estimate of drug-likeness (QED) is 0.571. The van der Waals surface area contributed by atoms with Gasteiger partial charge in [0.25, 0.3) is 15.9 Å². The van der Waals surface area contributed by atoms with Gasteiger partial charge < -0.3 is 9.47 Å². The monoisotopic (exact) mass is 469 g/mol. The number of halogens is 3. The Kier molecular flexibility index (Phi) is 6.44. The Bertz CT molecular complexity index is 1230. The molecule has 0 fully saturated rings. The Morgan fingerprint density at radius 2 is 1.81 bits per heavy atom.